The molecule has 0 spiro atoms. The second-order valence-electron chi connectivity index (χ2n) is 16.0. The molecule has 0 N–H and O–H groups in total. The molecule has 0 aliphatic carbocycles. The molecule has 2 aromatic heterocycles. The monoisotopic (exact) mass is 660 g/mol. The van der Waals surface area contributed by atoms with Gasteiger partial charge in [-0.1, -0.05) is 53.5 Å². The van der Waals surface area contributed by atoms with Crippen molar-refractivity contribution >= 4 is 66.7 Å². The van der Waals surface area contributed by atoms with Gasteiger partial charge in [0.1, 0.15) is 0 Å². The van der Waals surface area contributed by atoms with Crippen molar-refractivity contribution in [2.75, 3.05) is 0 Å². The fourth-order valence-electron chi connectivity index (χ4n) is 10.7. The molecule has 0 saturated heterocycles. The average molecular weight is 661 g/mol. The van der Waals surface area contributed by atoms with Gasteiger partial charge in [0.05, 0.1) is 22.1 Å². The Morgan fingerprint density at radius 3 is 1.43 bits per heavy atom. The Balaban J connectivity index is 1.60. The van der Waals surface area contributed by atoms with E-state index in [1.165, 1.54) is 149 Å². The molecule has 0 fully saturated rings. The molecule has 8 aromatic rings. The molecule has 2 aliphatic rings. The number of para-hydroxylation sites is 1. The van der Waals surface area contributed by atoms with Crippen LogP contribution in [0.25, 0.3) is 66.1 Å². The lowest BCUT2D eigenvalue weighted by atomic mass is 9.37. The van der Waals surface area contributed by atoms with Crippen molar-refractivity contribution in [2.24, 2.45) is 0 Å². The highest BCUT2D eigenvalue weighted by Gasteiger charge is 2.42. The lowest BCUT2D eigenvalue weighted by Gasteiger charge is -2.22. The van der Waals surface area contributed by atoms with Crippen LogP contribution >= 0.6 is 0 Å². The molecule has 250 valence electrons. The van der Waals surface area contributed by atoms with E-state index in [1.807, 2.05) is 0 Å². The van der Waals surface area contributed by atoms with E-state index in [0.29, 0.717) is 0 Å². The Morgan fingerprint density at radius 1 is 0.373 bits per heavy atom. The number of benzene rings is 6. The van der Waals surface area contributed by atoms with E-state index < -0.39 is 0 Å². The molecular formula is C48H45BN2. The molecule has 2 aliphatic heterocycles. The van der Waals surface area contributed by atoms with Crippen LogP contribution in [0, 0.1) is 83.1 Å². The van der Waals surface area contributed by atoms with Gasteiger partial charge in [-0.25, -0.2) is 0 Å². The fraction of sp³-hybridized carbons (Fsp3) is 0.250. The quantitative estimate of drug-likeness (QED) is 0.143. The van der Waals surface area contributed by atoms with Gasteiger partial charge in [-0.2, -0.15) is 0 Å². The highest BCUT2D eigenvalue weighted by atomic mass is 15.1. The number of aryl methyl sites for hydroxylation is 4. The molecule has 6 aromatic carbocycles. The van der Waals surface area contributed by atoms with E-state index >= 15 is 0 Å². The van der Waals surface area contributed by atoms with Crippen molar-refractivity contribution in [1.82, 2.24) is 9.13 Å². The van der Waals surface area contributed by atoms with Crippen LogP contribution in [0.15, 0.2) is 54.6 Å². The third-order valence-corrected chi connectivity index (χ3v) is 14.3. The molecule has 0 atom stereocenters. The highest BCUT2D eigenvalue weighted by molar-refractivity contribution is 7.00. The van der Waals surface area contributed by atoms with E-state index in [1.54, 1.807) is 0 Å². The van der Waals surface area contributed by atoms with Gasteiger partial charge in [-0.3, -0.25) is 0 Å². The number of nitrogens with zero attached hydrogens (tertiary/aromatic N) is 2. The third kappa shape index (κ3) is 3.37. The van der Waals surface area contributed by atoms with Gasteiger partial charge >= 0.3 is 0 Å². The topological polar surface area (TPSA) is 9.86 Å². The van der Waals surface area contributed by atoms with Crippen molar-refractivity contribution in [3.8, 4) is 22.5 Å². The van der Waals surface area contributed by atoms with Crippen molar-refractivity contribution in [1.29, 1.82) is 0 Å². The van der Waals surface area contributed by atoms with Crippen molar-refractivity contribution in [3.63, 3.8) is 0 Å². The normalized spacial score (nSPS) is 13.1. The smallest absolute Gasteiger partial charge is 0.248 e. The Morgan fingerprint density at radius 2 is 0.843 bits per heavy atom. The second kappa shape index (κ2) is 9.85. The molecule has 0 bridgehead atoms. The zero-order valence-corrected chi connectivity index (χ0v) is 32.2. The van der Waals surface area contributed by atoms with Gasteiger partial charge < -0.3 is 9.13 Å². The summed E-state index contributed by atoms with van der Waals surface area (Å²) in [7, 11) is 0. The predicted octanol–water partition coefficient (Wildman–Crippen LogP) is 10.4. The van der Waals surface area contributed by atoms with Crippen LogP contribution in [0.4, 0.5) is 0 Å². The summed E-state index contributed by atoms with van der Waals surface area (Å²) in [5, 5.41) is 5.47. The summed E-state index contributed by atoms with van der Waals surface area (Å²) in [6, 6.07) is 21.4. The summed E-state index contributed by atoms with van der Waals surface area (Å²) in [4.78, 5) is 0. The van der Waals surface area contributed by atoms with Gasteiger partial charge in [-0.15, -0.1) is 0 Å². The maximum Gasteiger partial charge on any atom is 0.248 e. The molecule has 4 heterocycles. The SMILES string of the molecule is Cc1c(C)c(C)c2c(c1C)B1c3ccccc3-n3c4c(C)c(C)c(C)c(C)c4c4ccc5c6c(C)c(C)c(C)c(C)c6n(c5c43)-c3cccc-2c31. The van der Waals surface area contributed by atoms with E-state index in [2.05, 4.69) is 147 Å². The minimum atomic E-state index is 0.0932. The molecule has 3 heteroatoms. The zero-order valence-electron chi connectivity index (χ0n) is 32.2. The van der Waals surface area contributed by atoms with Crippen LogP contribution in [0.2, 0.25) is 0 Å². The van der Waals surface area contributed by atoms with Crippen LogP contribution < -0.4 is 16.4 Å². The highest BCUT2D eigenvalue weighted by Crippen LogP contribution is 2.47. The first kappa shape index (κ1) is 30.8. The Kier molecular flexibility index (Phi) is 5.95. The van der Waals surface area contributed by atoms with Crippen LogP contribution in [0.1, 0.15) is 66.8 Å². The van der Waals surface area contributed by atoms with E-state index in [-0.39, 0.29) is 6.71 Å². The molecule has 10 rings (SSSR count). The first-order valence-electron chi connectivity index (χ1n) is 18.7. The molecule has 2 nitrogen and oxygen atoms in total. The summed E-state index contributed by atoms with van der Waals surface area (Å²) < 4.78 is 5.42. The van der Waals surface area contributed by atoms with Crippen LogP contribution in [0.5, 0.6) is 0 Å². The summed E-state index contributed by atoms with van der Waals surface area (Å²) in [5.74, 6) is 0. The average Bonchev–Trinajstić information content (AvgIpc) is 3.79. The summed E-state index contributed by atoms with van der Waals surface area (Å²) >= 11 is 0. The summed E-state index contributed by atoms with van der Waals surface area (Å²) in [5.41, 5.74) is 31.9. The zero-order chi connectivity index (χ0) is 35.7. The lowest BCUT2D eigenvalue weighted by molar-refractivity contribution is 1.14. The van der Waals surface area contributed by atoms with Crippen molar-refractivity contribution < 1.29 is 0 Å². The first-order chi connectivity index (χ1) is 24.4. The molecule has 51 heavy (non-hydrogen) atoms. The summed E-state index contributed by atoms with van der Waals surface area (Å²) in [6.45, 7) is 28.2. The molecule has 0 radical (unpaired) electrons. The lowest BCUT2D eigenvalue weighted by Crippen LogP contribution is -2.52. The van der Waals surface area contributed by atoms with E-state index in [0.717, 1.165) is 0 Å². The number of hydrogen-bond donors (Lipinski definition) is 0. The number of aromatic nitrogens is 2. The maximum absolute atomic E-state index is 2.72. The van der Waals surface area contributed by atoms with Gasteiger partial charge in [0.15, 0.2) is 0 Å². The molecule has 0 saturated carbocycles. The minimum absolute atomic E-state index is 0.0932. The first-order valence-corrected chi connectivity index (χ1v) is 18.7. The van der Waals surface area contributed by atoms with Crippen LogP contribution in [-0.4, -0.2) is 15.8 Å². The Hall–Kier alpha value is -5.02. The second-order valence-corrected chi connectivity index (χ2v) is 16.0. The standard InChI is InChI=1S/C48H45BN2/c1-22-25(4)31(10)43-40(28(22)7)34-16-15-19-39-44(34)49(43)37-17-13-14-18-38(37)50-45-32(11)26(5)23(2)29(8)41(45)35-20-21-36-42-30(9)24(3)27(6)33(12)46(42)51(39)48(36)47(35)50/h13-21H,1-12H3. The molecule has 0 unspecified atom stereocenters. The minimum Gasteiger partial charge on any atom is -0.307 e. The maximum atomic E-state index is 2.72. The number of fused-ring (bicyclic) bond motifs is 13. The largest absolute Gasteiger partial charge is 0.307 e. The van der Waals surface area contributed by atoms with Crippen LogP contribution in [-0.2, 0) is 0 Å². The van der Waals surface area contributed by atoms with Crippen molar-refractivity contribution in [3.05, 3.63) is 121 Å². The third-order valence-electron chi connectivity index (χ3n) is 14.3. The fourth-order valence-corrected chi connectivity index (χ4v) is 10.7. The van der Waals surface area contributed by atoms with Gasteiger partial charge in [0.25, 0.3) is 0 Å². The van der Waals surface area contributed by atoms with E-state index in [4.69, 9.17) is 0 Å². The number of hydrogen-bond acceptors (Lipinski definition) is 0. The van der Waals surface area contributed by atoms with Gasteiger partial charge in [0, 0.05) is 32.9 Å². The Labute approximate surface area is 301 Å². The molecule has 0 amide bonds. The predicted molar refractivity (Wildman–Crippen MR) is 222 cm³/mol. The van der Waals surface area contributed by atoms with Gasteiger partial charge in [-0.05, 0) is 178 Å². The van der Waals surface area contributed by atoms with Crippen LogP contribution in [0.3, 0.4) is 0 Å². The van der Waals surface area contributed by atoms with E-state index in [9.17, 15) is 0 Å². The molecular weight excluding hydrogens is 615 g/mol. The van der Waals surface area contributed by atoms with Gasteiger partial charge in [0.2, 0.25) is 6.71 Å². The number of rotatable bonds is 0. The summed E-state index contributed by atoms with van der Waals surface area (Å²) in [6.07, 6.45) is 0. The Bertz CT molecular complexity index is 2980. The van der Waals surface area contributed by atoms with Crippen molar-refractivity contribution in [2.45, 2.75) is 83.1 Å².